The third kappa shape index (κ3) is 1.82. The Morgan fingerprint density at radius 3 is 2.68 bits per heavy atom. The van der Waals surface area contributed by atoms with Crippen molar-refractivity contribution in [2.24, 2.45) is 5.92 Å². The number of likely N-dealkylation sites (N-methyl/N-ethyl adjacent to an activating group) is 1. The molecular weight excluding hydrogens is 240 g/mol. The van der Waals surface area contributed by atoms with Gasteiger partial charge in [0.15, 0.2) is 0 Å². The lowest BCUT2D eigenvalue weighted by Gasteiger charge is -2.16. The van der Waals surface area contributed by atoms with E-state index in [4.69, 9.17) is 0 Å². The molecule has 1 aromatic rings. The Morgan fingerprint density at radius 2 is 2.05 bits per heavy atom. The van der Waals surface area contributed by atoms with Gasteiger partial charge < -0.3 is 10.2 Å². The maximum Gasteiger partial charge on any atom is 0.236 e. The minimum atomic E-state index is -0.523. The number of hydrogen-bond acceptors (Lipinski definition) is 2. The van der Waals surface area contributed by atoms with E-state index in [1.807, 2.05) is 32.0 Å². The summed E-state index contributed by atoms with van der Waals surface area (Å²) in [6, 6.07) is 5.70. The summed E-state index contributed by atoms with van der Waals surface area (Å²) in [5.41, 5.74) is 2.17. The summed E-state index contributed by atoms with van der Waals surface area (Å²) in [4.78, 5) is 25.6. The van der Waals surface area contributed by atoms with Crippen LogP contribution in [0, 0.1) is 5.92 Å². The van der Waals surface area contributed by atoms with Crippen molar-refractivity contribution in [1.29, 1.82) is 0 Å². The highest BCUT2D eigenvalue weighted by Gasteiger charge is 2.42. The van der Waals surface area contributed by atoms with Crippen molar-refractivity contribution in [3.05, 3.63) is 23.8 Å². The van der Waals surface area contributed by atoms with Crippen LogP contribution in [0.1, 0.15) is 32.3 Å². The van der Waals surface area contributed by atoms with Gasteiger partial charge in [0.1, 0.15) is 0 Å². The number of carbonyl (C=O) groups is 2. The average molecular weight is 258 g/mol. The van der Waals surface area contributed by atoms with Crippen LogP contribution in [0.3, 0.4) is 0 Å². The Bertz CT molecular complexity index is 574. The van der Waals surface area contributed by atoms with Crippen LogP contribution in [0.25, 0.3) is 0 Å². The number of nitrogens with one attached hydrogen (secondary N) is 1. The van der Waals surface area contributed by atoms with E-state index >= 15 is 0 Å². The van der Waals surface area contributed by atoms with Gasteiger partial charge in [0.25, 0.3) is 0 Å². The molecule has 4 heteroatoms. The second-order valence-corrected chi connectivity index (χ2v) is 5.98. The highest BCUT2D eigenvalue weighted by Crippen LogP contribution is 2.42. The molecule has 1 aromatic carbocycles. The molecule has 0 spiro atoms. The molecule has 19 heavy (non-hydrogen) atoms. The predicted molar refractivity (Wildman–Crippen MR) is 74.2 cm³/mol. The second-order valence-electron chi connectivity index (χ2n) is 5.98. The van der Waals surface area contributed by atoms with Gasteiger partial charge in [-0.1, -0.05) is 0 Å². The Labute approximate surface area is 112 Å². The lowest BCUT2D eigenvalue weighted by atomic mass is 9.86. The maximum absolute atomic E-state index is 12.2. The molecule has 3 rings (SSSR count). The smallest absolute Gasteiger partial charge is 0.236 e. The first-order valence-corrected chi connectivity index (χ1v) is 6.65. The summed E-state index contributed by atoms with van der Waals surface area (Å²) in [5.74, 6) is 0.370. The van der Waals surface area contributed by atoms with E-state index in [0.29, 0.717) is 0 Å². The molecule has 1 saturated carbocycles. The molecule has 4 nitrogen and oxygen atoms in total. The highest BCUT2D eigenvalue weighted by atomic mass is 16.2. The molecule has 2 aliphatic rings. The number of fused-ring (bicyclic) bond motifs is 1. The first-order chi connectivity index (χ1) is 8.91. The lowest BCUT2D eigenvalue weighted by Crippen LogP contribution is -2.33. The molecule has 1 N–H and O–H groups in total. The minimum absolute atomic E-state index is 0.0909. The first kappa shape index (κ1) is 12.2. The van der Waals surface area contributed by atoms with Crippen LogP contribution < -0.4 is 10.2 Å². The SMILES string of the molecule is CN1C(=O)C(C)(C)c2cc(NC(=O)C3CC3)ccc21. The molecule has 2 amide bonds. The van der Waals surface area contributed by atoms with Gasteiger partial charge in [0.05, 0.1) is 5.41 Å². The molecular formula is C15H18N2O2. The van der Waals surface area contributed by atoms with Crippen molar-refractivity contribution in [3.8, 4) is 0 Å². The molecule has 1 aliphatic heterocycles. The van der Waals surface area contributed by atoms with E-state index in [1.54, 1.807) is 11.9 Å². The van der Waals surface area contributed by atoms with E-state index in [9.17, 15) is 9.59 Å². The molecule has 1 fully saturated rings. The largest absolute Gasteiger partial charge is 0.326 e. The van der Waals surface area contributed by atoms with Crippen LogP contribution in [0.5, 0.6) is 0 Å². The van der Waals surface area contributed by atoms with Gasteiger partial charge in [-0.15, -0.1) is 0 Å². The van der Waals surface area contributed by atoms with Gasteiger partial charge in [0.2, 0.25) is 11.8 Å². The number of rotatable bonds is 2. The van der Waals surface area contributed by atoms with Crippen molar-refractivity contribution in [3.63, 3.8) is 0 Å². The van der Waals surface area contributed by atoms with Crippen LogP contribution in [0.4, 0.5) is 11.4 Å². The predicted octanol–water partition coefficient (Wildman–Crippen LogP) is 2.29. The zero-order valence-corrected chi connectivity index (χ0v) is 11.5. The normalized spacial score (nSPS) is 20.4. The zero-order valence-electron chi connectivity index (χ0n) is 11.5. The van der Waals surface area contributed by atoms with Crippen LogP contribution in [-0.2, 0) is 15.0 Å². The van der Waals surface area contributed by atoms with Crippen molar-refractivity contribution in [1.82, 2.24) is 0 Å². The molecule has 100 valence electrons. The molecule has 0 radical (unpaired) electrons. The minimum Gasteiger partial charge on any atom is -0.326 e. The number of carbonyl (C=O) groups excluding carboxylic acids is 2. The zero-order chi connectivity index (χ0) is 13.8. The molecule has 1 aliphatic carbocycles. The van der Waals surface area contributed by atoms with Crippen molar-refractivity contribution >= 4 is 23.2 Å². The number of amides is 2. The topological polar surface area (TPSA) is 49.4 Å². The Kier molecular flexibility index (Phi) is 2.46. The van der Waals surface area contributed by atoms with Gasteiger partial charge in [0, 0.05) is 24.3 Å². The number of benzene rings is 1. The molecule has 0 aromatic heterocycles. The van der Waals surface area contributed by atoms with Crippen molar-refractivity contribution < 1.29 is 9.59 Å². The molecule has 1 heterocycles. The van der Waals surface area contributed by atoms with Crippen LogP contribution >= 0.6 is 0 Å². The Balaban J connectivity index is 1.93. The number of hydrogen-bond donors (Lipinski definition) is 1. The fourth-order valence-corrected chi connectivity index (χ4v) is 2.64. The number of anilines is 2. The quantitative estimate of drug-likeness (QED) is 0.884. The van der Waals surface area contributed by atoms with Crippen LogP contribution in [-0.4, -0.2) is 18.9 Å². The van der Waals surface area contributed by atoms with E-state index in [1.165, 1.54) is 0 Å². The summed E-state index contributed by atoms with van der Waals surface area (Å²) in [5, 5.41) is 2.93. The molecule has 0 unspecified atom stereocenters. The first-order valence-electron chi connectivity index (χ1n) is 6.65. The third-order valence-corrected chi connectivity index (χ3v) is 4.09. The van der Waals surface area contributed by atoms with Crippen molar-refractivity contribution in [2.45, 2.75) is 32.1 Å². The summed E-state index contributed by atoms with van der Waals surface area (Å²) in [6.07, 6.45) is 1.98. The van der Waals surface area contributed by atoms with Crippen molar-refractivity contribution in [2.75, 3.05) is 17.3 Å². The Hall–Kier alpha value is -1.84. The summed E-state index contributed by atoms with van der Waals surface area (Å²) >= 11 is 0. The van der Waals surface area contributed by atoms with E-state index in [-0.39, 0.29) is 17.7 Å². The van der Waals surface area contributed by atoms with Gasteiger partial charge in [-0.05, 0) is 50.5 Å². The second kappa shape index (κ2) is 3.83. The van der Waals surface area contributed by atoms with E-state index in [0.717, 1.165) is 29.8 Å². The van der Waals surface area contributed by atoms with E-state index < -0.39 is 5.41 Å². The van der Waals surface area contributed by atoms with Gasteiger partial charge in [-0.3, -0.25) is 9.59 Å². The van der Waals surface area contributed by atoms with Gasteiger partial charge in [-0.25, -0.2) is 0 Å². The standard InChI is InChI=1S/C15H18N2O2/c1-15(2)11-8-10(16-13(18)9-4-5-9)6-7-12(11)17(3)14(15)19/h6-9H,4-5H2,1-3H3,(H,16,18). The molecule has 0 saturated heterocycles. The summed E-state index contributed by atoms with van der Waals surface area (Å²) in [6.45, 7) is 3.84. The van der Waals surface area contributed by atoms with E-state index in [2.05, 4.69) is 5.32 Å². The fraction of sp³-hybridized carbons (Fsp3) is 0.467. The monoisotopic (exact) mass is 258 g/mol. The third-order valence-electron chi connectivity index (χ3n) is 4.09. The van der Waals surface area contributed by atoms with Crippen LogP contribution in [0.2, 0.25) is 0 Å². The fourth-order valence-electron chi connectivity index (χ4n) is 2.64. The van der Waals surface area contributed by atoms with Gasteiger partial charge in [-0.2, -0.15) is 0 Å². The summed E-state index contributed by atoms with van der Waals surface area (Å²) < 4.78 is 0. The highest BCUT2D eigenvalue weighted by molar-refractivity contribution is 6.08. The maximum atomic E-state index is 12.2. The summed E-state index contributed by atoms with van der Waals surface area (Å²) in [7, 11) is 1.79. The Morgan fingerprint density at radius 1 is 1.37 bits per heavy atom. The van der Waals surface area contributed by atoms with Gasteiger partial charge >= 0.3 is 0 Å². The molecule has 0 bridgehead atoms. The number of nitrogens with zero attached hydrogens (tertiary/aromatic N) is 1. The lowest BCUT2D eigenvalue weighted by molar-refractivity contribution is -0.121. The van der Waals surface area contributed by atoms with Crippen LogP contribution in [0.15, 0.2) is 18.2 Å². The average Bonchev–Trinajstić information content (AvgIpc) is 3.18. The molecule has 0 atom stereocenters.